The van der Waals surface area contributed by atoms with Crippen LogP contribution in [0, 0.1) is 6.92 Å². The van der Waals surface area contributed by atoms with E-state index in [1.54, 1.807) is 11.8 Å². The maximum atomic E-state index is 11.7. The van der Waals surface area contributed by atoms with Crippen molar-refractivity contribution in [3.05, 3.63) is 17.5 Å². The maximum absolute atomic E-state index is 11.7. The summed E-state index contributed by atoms with van der Waals surface area (Å²) in [5.41, 5.74) is 2.04. The number of hydrogen-bond donors (Lipinski definition) is 0. The molecule has 3 nitrogen and oxygen atoms in total. The molecule has 0 N–H and O–H groups in total. The molecule has 0 fully saturated rings. The third-order valence-corrected chi connectivity index (χ3v) is 3.50. The number of hydrogen-bond acceptors (Lipinski definition) is 3. The normalized spacial score (nSPS) is 10.7. The molecule has 16 heavy (non-hydrogen) atoms. The first-order valence-electron chi connectivity index (χ1n) is 5.80. The minimum Gasteiger partial charge on any atom is -0.298 e. The highest BCUT2D eigenvalue weighted by Crippen LogP contribution is 2.08. The number of rotatable bonds is 7. The van der Waals surface area contributed by atoms with Crippen molar-refractivity contribution in [1.29, 1.82) is 0 Å². The topological polar surface area (TPSA) is 34.9 Å². The molecule has 0 atom stereocenters. The number of carbonyl (C=O) groups is 1. The Bertz CT molecular complexity index is 347. The summed E-state index contributed by atoms with van der Waals surface area (Å²) in [7, 11) is 0. The number of thioether (sulfide) groups is 1. The summed E-state index contributed by atoms with van der Waals surface area (Å²) in [6.07, 6.45) is 1.65. The van der Waals surface area contributed by atoms with Gasteiger partial charge < -0.3 is 0 Å². The Balaban J connectivity index is 2.48. The molecule has 1 heterocycles. The van der Waals surface area contributed by atoms with Crippen LogP contribution in [0.25, 0.3) is 0 Å². The number of ketones is 1. The van der Waals surface area contributed by atoms with Gasteiger partial charge >= 0.3 is 0 Å². The summed E-state index contributed by atoms with van der Waals surface area (Å²) >= 11 is 1.72. The van der Waals surface area contributed by atoms with Crippen LogP contribution < -0.4 is 0 Å². The zero-order valence-electron chi connectivity index (χ0n) is 10.3. The third-order valence-electron chi connectivity index (χ3n) is 2.27. The highest BCUT2D eigenvalue weighted by Gasteiger charge is 2.09. The van der Waals surface area contributed by atoms with Gasteiger partial charge in [0.1, 0.15) is 5.78 Å². The van der Waals surface area contributed by atoms with Gasteiger partial charge in [-0.2, -0.15) is 16.9 Å². The summed E-state index contributed by atoms with van der Waals surface area (Å²) in [5, 5.41) is 4.34. The van der Waals surface area contributed by atoms with Crippen molar-refractivity contribution in [3.8, 4) is 0 Å². The molecular formula is C12H20N2OS. The molecule has 0 unspecified atom stereocenters. The van der Waals surface area contributed by atoms with Crippen molar-refractivity contribution in [2.75, 3.05) is 11.5 Å². The van der Waals surface area contributed by atoms with E-state index in [4.69, 9.17) is 0 Å². The Morgan fingerprint density at radius 3 is 2.88 bits per heavy atom. The lowest BCUT2D eigenvalue weighted by atomic mass is 10.2. The van der Waals surface area contributed by atoms with Crippen molar-refractivity contribution >= 4 is 17.5 Å². The third kappa shape index (κ3) is 4.00. The summed E-state index contributed by atoms with van der Waals surface area (Å²) < 4.78 is 1.91. The molecule has 90 valence electrons. The Kier molecular flexibility index (Phi) is 5.60. The zero-order chi connectivity index (χ0) is 12.0. The first-order chi connectivity index (χ1) is 7.67. The van der Waals surface area contributed by atoms with E-state index in [2.05, 4.69) is 12.0 Å². The van der Waals surface area contributed by atoms with E-state index >= 15 is 0 Å². The Labute approximate surface area is 102 Å². The molecule has 1 aromatic heterocycles. The Hall–Kier alpha value is -0.770. The summed E-state index contributed by atoms with van der Waals surface area (Å²) in [4.78, 5) is 11.7. The molecule has 0 aliphatic heterocycles. The van der Waals surface area contributed by atoms with Crippen molar-refractivity contribution in [3.63, 3.8) is 0 Å². The lowest BCUT2D eigenvalue weighted by Gasteiger charge is -2.03. The van der Waals surface area contributed by atoms with Crippen LogP contribution >= 0.6 is 11.8 Å². The summed E-state index contributed by atoms with van der Waals surface area (Å²) in [6, 6.07) is 2.01. The van der Waals surface area contributed by atoms with Crippen molar-refractivity contribution in [1.82, 2.24) is 9.78 Å². The van der Waals surface area contributed by atoms with Gasteiger partial charge in [0.25, 0.3) is 0 Å². The molecule has 0 aliphatic rings. The molecule has 0 saturated carbocycles. The van der Waals surface area contributed by atoms with Gasteiger partial charge in [0.2, 0.25) is 0 Å². The summed E-state index contributed by atoms with van der Waals surface area (Å²) in [6.45, 7) is 6.98. The molecule has 0 saturated heterocycles. The van der Waals surface area contributed by atoms with Crippen LogP contribution in [0.3, 0.4) is 0 Å². The second-order valence-electron chi connectivity index (χ2n) is 3.86. The Morgan fingerprint density at radius 2 is 2.25 bits per heavy atom. The van der Waals surface area contributed by atoms with Crippen molar-refractivity contribution in [2.45, 2.75) is 40.2 Å². The predicted molar refractivity (Wildman–Crippen MR) is 69.0 cm³/mol. The van der Waals surface area contributed by atoms with Crippen LogP contribution in [0.1, 0.15) is 31.7 Å². The first-order valence-corrected chi connectivity index (χ1v) is 6.95. The highest BCUT2D eigenvalue weighted by atomic mass is 32.2. The van der Waals surface area contributed by atoms with Crippen LogP contribution in [0.15, 0.2) is 6.07 Å². The van der Waals surface area contributed by atoms with Gasteiger partial charge in [-0.3, -0.25) is 9.48 Å². The van der Waals surface area contributed by atoms with Crippen LogP contribution in [-0.4, -0.2) is 27.1 Å². The highest BCUT2D eigenvalue weighted by molar-refractivity contribution is 7.99. The van der Waals surface area contributed by atoms with E-state index in [0.717, 1.165) is 30.1 Å². The molecule has 0 amide bonds. The van der Waals surface area contributed by atoms with Crippen LogP contribution in [0.4, 0.5) is 0 Å². The first kappa shape index (κ1) is 13.3. The molecule has 4 heteroatoms. The lowest BCUT2D eigenvalue weighted by molar-refractivity contribution is -0.116. The second-order valence-corrected chi connectivity index (χ2v) is 4.97. The molecular weight excluding hydrogens is 220 g/mol. The fraction of sp³-hybridized carbons (Fsp3) is 0.667. The van der Waals surface area contributed by atoms with E-state index in [9.17, 15) is 4.79 Å². The molecule has 0 radical (unpaired) electrons. The maximum Gasteiger partial charge on any atom is 0.148 e. The number of carbonyl (C=O) groups excluding carboxylic acids is 1. The van der Waals surface area contributed by atoms with E-state index < -0.39 is 0 Å². The standard InChI is InChI=1S/C12H20N2OS/c1-4-6-16-9-12(15)8-11-7-10(3)13-14(11)5-2/h7H,4-6,8-9H2,1-3H3. The van der Waals surface area contributed by atoms with Gasteiger partial charge in [-0.05, 0) is 32.1 Å². The van der Waals surface area contributed by atoms with E-state index in [1.165, 1.54) is 0 Å². The van der Waals surface area contributed by atoms with Crippen molar-refractivity contribution < 1.29 is 4.79 Å². The van der Waals surface area contributed by atoms with Gasteiger partial charge in [0.05, 0.1) is 11.4 Å². The minimum atomic E-state index is 0.299. The fourth-order valence-electron chi connectivity index (χ4n) is 1.60. The van der Waals surface area contributed by atoms with Gasteiger partial charge in [0, 0.05) is 18.7 Å². The van der Waals surface area contributed by atoms with E-state index in [-0.39, 0.29) is 0 Å². The SMILES string of the molecule is CCCSCC(=O)Cc1cc(C)nn1CC. The minimum absolute atomic E-state index is 0.299. The molecule has 1 aromatic rings. The summed E-state index contributed by atoms with van der Waals surface area (Å²) in [5.74, 6) is 1.99. The molecule has 0 spiro atoms. The monoisotopic (exact) mass is 240 g/mol. The average Bonchev–Trinajstić information content (AvgIpc) is 2.59. The number of nitrogens with zero attached hydrogens (tertiary/aromatic N) is 2. The van der Waals surface area contributed by atoms with Gasteiger partial charge in [-0.1, -0.05) is 6.92 Å². The van der Waals surface area contributed by atoms with Crippen LogP contribution in [0.5, 0.6) is 0 Å². The zero-order valence-corrected chi connectivity index (χ0v) is 11.1. The fourth-order valence-corrected chi connectivity index (χ4v) is 2.36. The Morgan fingerprint density at radius 1 is 1.50 bits per heavy atom. The average molecular weight is 240 g/mol. The molecule has 0 aliphatic carbocycles. The van der Waals surface area contributed by atoms with Crippen LogP contribution in [-0.2, 0) is 17.8 Å². The van der Waals surface area contributed by atoms with Crippen LogP contribution in [0.2, 0.25) is 0 Å². The quantitative estimate of drug-likeness (QED) is 0.687. The molecule has 1 rings (SSSR count). The van der Waals surface area contributed by atoms with Gasteiger partial charge in [0.15, 0.2) is 0 Å². The second kappa shape index (κ2) is 6.74. The predicted octanol–water partition coefficient (Wildman–Crippen LogP) is 2.47. The smallest absolute Gasteiger partial charge is 0.148 e. The van der Waals surface area contributed by atoms with Gasteiger partial charge in [-0.15, -0.1) is 0 Å². The van der Waals surface area contributed by atoms with E-state index in [0.29, 0.717) is 18.0 Å². The number of aryl methyl sites for hydroxylation is 2. The van der Waals surface area contributed by atoms with Gasteiger partial charge in [-0.25, -0.2) is 0 Å². The largest absolute Gasteiger partial charge is 0.298 e. The van der Waals surface area contributed by atoms with Crippen molar-refractivity contribution in [2.24, 2.45) is 0 Å². The van der Waals surface area contributed by atoms with E-state index in [1.807, 2.05) is 24.6 Å². The number of aromatic nitrogens is 2. The lowest BCUT2D eigenvalue weighted by Crippen LogP contribution is -2.11. The molecule has 0 aromatic carbocycles. The number of Topliss-reactive ketones (excluding diaryl/α,β-unsaturated/α-hetero) is 1. The molecule has 0 bridgehead atoms.